The van der Waals surface area contributed by atoms with Gasteiger partial charge < -0.3 is 10.3 Å². The number of aryl methyl sites for hydroxylation is 2. The second kappa shape index (κ2) is 5.35. The van der Waals surface area contributed by atoms with E-state index in [-0.39, 0.29) is 5.91 Å². The van der Waals surface area contributed by atoms with Crippen LogP contribution in [0.3, 0.4) is 0 Å². The lowest BCUT2D eigenvalue weighted by Gasteiger charge is -2.04. The van der Waals surface area contributed by atoms with E-state index in [1.165, 1.54) is 0 Å². The van der Waals surface area contributed by atoms with Gasteiger partial charge in [0.1, 0.15) is 5.82 Å². The Morgan fingerprint density at radius 1 is 1.43 bits per heavy atom. The van der Waals surface area contributed by atoms with Gasteiger partial charge in [0.05, 0.1) is 11.3 Å². The van der Waals surface area contributed by atoms with Gasteiger partial charge in [-0.3, -0.25) is 9.48 Å². The molecule has 3 aromatic rings. The predicted octanol–water partition coefficient (Wildman–Crippen LogP) is 0.972. The molecule has 0 bridgehead atoms. The van der Waals surface area contributed by atoms with Crippen molar-refractivity contribution in [3.05, 3.63) is 41.7 Å². The van der Waals surface area contributed by atoms with Gasteiger partial charge in [0.2, 0.25) is 0 Å². The van der Waals surface area contributed by atoms with Gasteiger partial charge in [0.25, 0.3) is 5.91 Å². The highest BCUT2D eigenvalue weighted by Crippen LogP contribution is 2.16. The normalized spacial score (nSPS) is 11.0. The second-order valence-corrected chi connectivity index (χ2v) is 4.85. The summed E-state index contributed by atoms with van der Waals surface area (Å²) in [7, 11) is 1.84. The number of carbonyl (C=O) groups is 1. The molecule has 21 heavy (non-hydrogen) atoms. The van der Waals surface area contributed by atoms with Gasteiger partial charge in [-0.25, -0.2) is 9.97 Å². The minimum atomic E-state index is -0.140. The van der Waals surface area contributed by atoms with Crippen LogP contribution in [0.5, 0.6) is 0 Å². The Balaban J connectivity index is 1.71. The number of amides is 1. The zero-order valence-corrected chi connectivity index (χ0v) is 11.9. The SMILES string of the molecule is Cc1nn(C)c2ncc(C(=O)NCCc3ncc[nH]3)cc12. The average Bonchev–Trinajstić information content (AvgIpc) is 3.08. The van der Waals surface area contributed by atoms with Crippen molar-refractivity contribution >= 4 is 16.9 Å². The van der Waals surface area contributed by atoms with E-state index in [1.54, 1.807) is 23.3 Å². The highest BCUT2D eigenvalue weighted by Gasteiger charge is 2.11. The Labute approximate surface area is 121 Å². The Morgan fingerprint density at radius 2 is 2.29 bits per heavy atom. The second-order valence-electron chi connectivity index (χ2n) is 4.85. The summed E-state index contributed by atoms with van der Waals surface area (Å²) in [6, 6.07) is 1.83. The van der Waals surface area contributed by atoms with E-state index >= 15 is 0 Å². The summed E-state index contributed by atoms with van der Waals surface area (Å²) in [5.74, 6) is 0.714. The molecule has 0 aliphatic rings. The van der Waals surface area contributed by atoms with Crippen molar-refractivity contribution in [3.8, 4) is 0 Å². The van der Waals surface area contributed by atoms with Crippen molar-refractivity contribution in [1.29, 1.82) is 0 Å². The average molecular weight is 284 g/mol. The van der Waals surface area contributed by atoms with Crippen molar-refractivity contribution < 1.29 is 4.79 Å². The number of H-pyrrole nitrogens is 1. The number of aromatic amines is 1. The molecule has 0 spiro atoms. The van der Waals surface area contributed by atoms with Crippen LogP contribution < -0.4 is 5.32 Å². The number of fused-ring (bicyclic) bond motifs is 1. The Kier molecular flexibility index (Phi) is 3.39. The number of nitrogens with one attached hydrogen (secondary N) is 2. The molecule has 7 nitrogen and oxygen atoms in total. The number of hydrogen-bond acceptors (Lipinski definition) is 4. The molecule has 0 aliphatic carbocycles. The van der Waals surface area contributed by atoms with Gasteiger partial charge in [0, 0.05) is 44.0 Å². The maximum Gasteiger partial charge on any atom is 0.252 e. The van der Waals surface area contributed by atoms with E-state index in [2.05, 4.69) is 25.4 Å². The lowest BCUT2D eigenvalue weighted by molar-refractivity contribution is 0.0954. The Bertz CT molecular complexity index is 774. The quantitative estimate of drug-likeness (QED) is 0.747. The molecule has 0 aliphatic heterocycles. The first-order valence-electron chi connectivity index (χ1n) is 6.71. The van der Waals surface area contributed by atoms with Gasteiger partial charge in [-0.15, -0.1) is 0 Å². The van der Waals surface area contributed by atoms with Gasteiger partial charge in [-0.1, -0.05) is 0 Å². The first kappa shape index (κ1) is 13.3. The summed E-state index contributed by atoms with van der Waals surface area (Å²) < 4.78 is 1.71. The van der Waals surface area contributed by atoms with Gasteiger partial charge in [-0.05, 0) is 13.0 Å². The predicted molar refractivity (Wildman–Crippen MR) is 77.9 cm³/mol. The fourth-order valence-electron chi connectivity index (χ4n) is 2.26. The van der Waals surface area contributed by atoms with Crippen LogP contribution in [0.25, 0.3) is 11.0 Å². The number of pyridine rings is 1. The van der Waals surface area contributed by atoms with Crippen LogP contribution in [0.1, 0.15) is 21.9 Å². The van der Waals surface area contributed by atoms with E-state index in [1.807, 2.05) is 20.0 Å². The molecule has 0 fully saturated rings. The molecule has 7 heteroatoms. The largest absolute Gasteiger partial charge is 0.352 e. The molecule has 1 amide bonds. The molecule has 3 rings (SSSR count). The van der Waals surface area contributed by atoms with Crippen molar-refractivity contribution in [2.45, 2.75) is 13.3 Å². The van der Waals surface area contributed by atoms with Crippen LogP contribution in [0.4, 0.5) is 0 Å². The summed E-state index contributed by atoms with van der Waals surface area (Å²) in [5, 5.41) is 8.06. The molecule has 0 atom stereocenters. The number of aromatic nitrogens is 5. The molecule has 108 valence electrons. The Morgan fingerprint density at radius 3 is 3.05 bits per heavy atom. The highest BCUT2D eigenvalue weighted by atomic mass is 16.1. The fourth-order valence-corrected chi connectivity index (χ4v) is 2.26. The third kappa shape index (κ3) is 2.62. The lowest BCUT2D eigenvalue weighted by atomic mass is 10.2. The van der Waals surface area contributed by atoms with E-state index in [4.69, 9.17) is 0 Å². The topological polar surface area (TPSA) is 88.5 Å². The van der Waals surface area contributed by atoms with Gasteiger partial charge in [-0.2, -0.15) is 5.10 Å². The smallest absolute Gasteiger partial charge is 0.252 e. The Hall–Kier alpha value is -2.70. The van der Waals surface area contributed by atoms with E-state index in [0.29, 0.717) is 18.5 Å². The number of nitrogens with zero attached hydrogens (tertiary/aromatic N) is 4. The van der Waals surface area contributed by atoms with Crippen molar-refractivity contribution in [2.75, 3.05) is 6.54 Å². The molecular weight excluding hydrogens is 268 g/mol. The van der Waals surface area contributed by atoms with Crippen LogP contribution in [0.2, 0.25) is 0 Å². The van der Waals surface area contributed by atoms with E-state index < -0.39 is 0 Å². The summed E-state index contributed by atoms with van der Waals surface area (Å²) >= 11 is 0. The van der Waals surface area contributed by atoms with Gasteiger partial charge >= 0.3 is 0 Å². The van der Waals surface area contributed by atoms with Gasteiger partial charge in [0.15, 0.2) is 5.65 Å². The molecule has 0 saturated carbocycles. The van der Waals surface area contributed by atoms with Crippen LogP contribution in [0.15, 0.2) is 24.7 Å². The molecule has 0 radical (unpaired) electrons. The van der Waals surface area contributed by atoms with Crippen molar-refractivity contribution in [1.82, 2.24) is 30.0 Å². The highest BCUT2D eigenvalue weighted by molar-refractivity contribution is 5.97. The maximum atomic E-state index is 12.1. The molecule has 0 saturated heterocycles. The standard InChI is InChI=1S/C14H16N6O/c1-9-11-7-10(8-18-13(11)20(2)19-9)14(21)17-4-3-12-15-5-6-16-12/h5-8H,3-4H2,1-2H3,(H,15,16)(H,17,21). The third-order valence-electron chi connectivity index (χ3n) is 3.33. The van der Waals surface area contributed by atoms with Crippen LogP contribution in [-0.4, -0.2) is 37.2 Å². The van der Waals surface area contributed by atoms with Crippen LogP contribution in [-0.2, 0) is 13.5 Å². The minimum absolute atomic E-state index is 0.140. The summed E-state index contributed by atoms with van der Waals surface area (Å²) in [5.41, 5.74) is 2.18. The summed E-state index contributed by atoms with van der Waals surface area (Å²) in [6.07, 6.45) is 5.70. The van der Waals surface area contributed by atoms with Crippen LogP contribution >= 0.6 is 0 Å². The lowest BCUT2D eigenvalue weighted by Crippen LogP contribution is -2.26. The monoisotopic (exact) mass is 284 g/mol. The number of carbonyl (C=O) groups excluding carboxylic acids is 1. The first-order chi connectivity index (χ1) is 10.1. The third-order valence-corrected chi connectivity index (χ3v) is 3.33. The first-order valence-corrected chi connectivity index (χ1v) is 6.71. The summed E-state index contributed by atoms with van der Waals surface area (Å²) in [4.78, 5) is 23.5. The molecule has 3 heterocycles. The fraction of sp³-hybridized carbons (Fsp3) is 0.286. The summed E-state index contributed by atoms with van der Waals surface area (Å²) in [6.45, 7) is 2.43. The number of imidazole rings is 1. The minimum Gasteiger partial charge on any atom is -0.352 e. The molecule has 0 unspecified atom stereocenters. The molecule has 0 aromatic carbocycles. The zero-order chi connectivity index (χ0) is 14.8. The number of rotatable bonds is 4. The maximum absolute atomic E-state index is 12.1. The number of hydrogen-bond donors (Lipinski definition) is 2. The van der Waals surface area contributed by atoms with Crippen molar-refractivity contribution in [3.63, 3.8) is 0 Å². The van der Waals surface area contributed by atoms with E-state index in [0.717, 1.165) is 22.6 Å². The van der Waals surface area contributed by atoms with Crippen molar-refractivity contribution in [2.24, 2.45) is 7.05 Å². The molecule has 2 N–H and O–H groups in total. The zero-order valence-electron chi connectivity index (χ0n) is 11.9. The van der Waals surface area contributed by atoms with E-state index in [9.17, 15) is 4.79 Å². The molecule has 3 aromatic heterocycles. The molecular formula is C14H16N6O. The van der Waals surface area contributed by atoms with Crippen LogP contribution in [0, 0.1) is 6.92 Å².